The fraction of sp³-hybridized carbons (Fsp3) is 0.267. The number of hydrogen-bond donors (Lipinski definition) is 0. The second kappa shape index (κ2) is 6.00. The molecule has 0 bridgehead atoms. The highest BCUT2D eigenvalue weighted by Gasteiger charge is 2.12. The first kappa shape index (κ1) is 14.3. The molecule has 0 amide bonds. The molecule has 0 aliphatic carbocycles. The number of aromatic nitrogens is 4. The largest absolute Gasteiger partial charge is 0.322 e. The molecular formula is C15H14Cl2N4. The molecule has 0 saturated heterocycles. The Bertz CT molecular complexity index is 765. The molecule has 0 spiro atoms. The fourth-order valence-electron chi connectivity index (χ4n) is 2.26. The van der Waals surface area contributed by atoms with Gasteiger partial charge in [0.1, 0.15) is 5.82 Å². The highest BCUT2D eigenvalue weighted by Crippen LogP contribution is 2.22. The number of nitrogens with zero attached hydrogens (tertiary/aromatic N) is 4. The van der Waals surface area contributed by atoms with Gasteiger partial charge in [0, 0.05) is 23.5 Å². The molecule has 21 heavy (non-hydrogen) atoms. The molecule has 0 N–H and O–H groups in total. The lowest BCUT2D eigenvalue weighted by Crippen LogP contribution is -2.07. The third-order valence-corrected chi connectivity index (χ3v) is 3.69. The van der Waals surface area contributed by atoms with Crippen LogP contribution in [-0.4, -0.2) is 25.4 Å². The van der Waals surface area contributed by atoms with Crippen molar-refractivity contribution in [1.29, 1.82) is 0 Å². The smallest absolute Gasteiger partial charge is 0.111 e. The summed E-state index contributed by atoms with van der Waals surface area (Å²) in [6.45, 7) is 2.53. The maximum absolute atomic E-state index is 6.11. The van der Waals surface area contributed by atoms with Crippen LogP contribution in [-0.2, 0) is 13.0 Å². The van der Waals surface area contributed by atoms with E-state index >= 15 is 0 Å². The van der Waals surface area contributed by atoms with Crippen molar-refractivity contribution in [1.82, 2.24) is 19.5 Å². The summed E-state index contributed by atoms with van der Waals surface area (Å²) in [7, 11) is 0. The highest BCUT2D eigenvalue weighted by atomic mass is 35.5. The standard InChI is InChI=1S/C15H14Cl2N4/c1-10-7-19-12(8-18-10)9-21-14-6-11(17)2-3-13(14)20-15(21)4-5-16/h2-3,6-8H,4-5,9H2,1H3. The van der Waals surface area contributed by atoms with Crippen LogP contribution in [0.3, 0.4) is 0 Å². The molecule has 3 aromatic rings. The van der Waals surface area contributed by atoms with Crippen LogP contribution in [0.25, 0.3) is 11.0 Å². The van der Waals surface area contributed by atoms with Gasteiger partial charge in [0.25, 0.3) is 0 Å². The maximum atomic E-state index is 6.11. The topological polar surface area (TPSA) is 43.6 Å². The summed E-state index contributed by atoms with van der Waals surface area (Å²) in [4.78, 5) is 13.3. The Kier molecular flexibility index (Phi) is 4.08. The minimum Gasteiger partial charge on any atom is -0.322 e. The normalized spacial score (nSPS) is 11.2. The number of halogens is 2. The Morgan fingerprint density at radius 1 is 1.19 bits per heavy atom. The first-order valence-electron chi connectivity index (χ1n) is 6.65. The van der Waals surface area contributed by atoms with Gasteiger partial charge in [-0.3, -0.25) is 9.97 Å². The molecule has 0 aliphatic rings. The predicted molar refractivity (Wildman–Crippen MR) is 85.0 cm³/mol. The highest BCUT2D eigenvalue weighted by molar-refractivity contribution is 6.31. The van der Waals surface area contributed by atoms with Gasteiger partial charge in [-0.05, 0) is 25.1 Å². The summed E-state index contributed by atoms with van der Waals surface area (Å²) in [5, 5.41) is 0.691. The minimum absolute atomic E-state index is 0.524. The van der Waals surface area contributed by atoms with Crippen LogP contribution in [0, 0.1) is 6.92 Å². The van der Waals surface area contributed by atoms with E-state index in [2.05, 4.69) is 19.5 Å². The molecule has 0 aliphatic heterocycles. The number of rotatable bonds is 4. The molecule has 2 heterocycles. The van der Waals surface area contributed by atoms with E-state index < -0.39 is 0 Å². The van der Waals surface area contributed by atoms with Crippen molar-refractivity contribution in [2.45, 2.75) is 19.9 Å². The predicted octanol–water partition coefficient (Wildman–Crippen LogP) is 3.62. The second-order valence-electron chi connectivity index (χ2n) is 4.84. The summed E-state index contributed by atoms with van der Waals surface area (Å²) in [6, 6.07) is 5.69. The van der Waals surface area contributed by atoms with Crippen LogP contribution in [0.2, 0.25) is 5.02 Å². The van der Waals surface area contributed by atoms with Crippen LogP contribution < -0.4 is 0 Å². The van der Waals surface area contributed by atoms with Crippen LogP contribution >= 0.6 is 23.2 Å². The summed E-state index contributed by atoms with van der Waals surface area (Å²) in [5.41, 5.74) is 3.69. The van der Waals surface area contributed by atoms with Crippen molar-refractivity contribution < 1.29 is 0 Å². The van der Waals surface area contributed by atoms with E-state index in [0.717, 1.165) is 28.2 Å². The van der Waals surface area contributed by atoms with E-state index in [1.807, 2.05) is 25.1 Å². The van der Waals surface area contributed by atoms with Crippen molar-refractivity contribution in [2.75, 3.05) is 5.88 Å². The summed E-state index contributed by atoms with van der Waals surface area (Å²) >= 11 is 12.0. The second-order valence-corrected chi connectivity index (χ2v) is 5.65. The Hall–Kier alpha value is -1.65. The number of imidazole rings is 1. The van der Waals surface area contributed by atoms with Crippen LogP contribution in [0.1, 0.15) is 17.2 Å². The maximum Gasteiger partial charge on any atom is 0.111 e. The Balaban J connectivity index is 2.07. The first-order valence-corrected chi connectivity index (χ1v) is 7.57. The van der Waals surface area contributed by atoms with Crippen molar-refractivity contribution in [2.24, 2.45) is 0 Å². The van der Waals surface area contributed by atoms with Gasteiger partial charge in [-0.25, -0.2) is 4.98 Å². The average Bonchev–Trinajstić information content (AvgIpc) is 2.79. The number of alkyl halides is 1. The molecule has 0 atom stereocenters. The molecule has 0 unspecified atom stereocenters. The van der Waals surface area contributed by atoms with Crippen LogP contribution in [0.15, 0.2) is 30.6 Å². The number of hydrogen-bond acceptors (Lipinski definition) is 3. The van der Waals surface area contributed by atoms with E-state index in [4.69, 9.17) is 23.2 Å². The lowest BCUT2D eigenvalue weighted by Gasteiger charge is -2.08. The summed E-state index contributed by atoms with van der Waals surface area (Å²) in [6.07, 6.45) is 4.26. The third kappa shape index (κ3) is 3.01. The van der Waals surface area contributed by atoms with Crippen molar-refractivity contribution >= 4 is 34.2 Å². The average molecular weight is 321 g/mol. The number of aryl methyl sites for hydroxylation is 2. The van der Waals surface area contributed by atoms with E-state index in [1.165, 1.54) is 0 Å². The first-order chi connectivity index (χ1) is 10.2. The minimum atomic E-state index is 0.524. The van der Waals surface area contributed by atoms with Gasteiger partial charge in [-0.2, -0.15) is 0 Å². The quantitative estimate of drug-likeness (QED) is 0.689. The fourth-order valence-corrected chi connectivity index (χ4v) is 2.60. The lowest BCUT2D eigenvalue weighted by molar-refractivity contribution is 0.732. The van der Waals surface area contributed by atoms with E-state index in [-0.39, 0.29) is 0 Å². The van der Waals surface area contributed by atoms with Crippen molar-refractivity contribution in [3.8, 4) is 0 Å². The van der Waals surface area contributed by atoms with E-state index in [9.17, 15) is 0 Å². The van der Waals surface area contributed by atoms with Crippen LogP contribution in [0.4, 0.5) is 0 Å². The van der Waals surface area contributed by atoms with Crippen LogP contribution in [0.5, 0.6) is 0 Å². The molecule has 0 saturated carbocycles. The molecule has 108 valence electrons. The van der Waals surface area contributed by atoms with E-state index in [0.29, 0.717) is 23.9 Å². The summed E-state index contributed by atoms with van der Waals surface area (Å²) in [5.74, 6) is 1.46. The zero-order chi connectivity index (χ0) is 14.8. The Morgan fingerprint density at radius 3 is 2.76 bits per heavy atom. The molecule has 0 radical (unpaired) electrons. The Morgan fingerprint density at radius 2 is 2.05 bits per heavy atom. The van der Waals surface area contributed by atoms with Crippen molar-refractivity contribution in [3.05, 3.63) is 52.8 Å². The Labute approximate surface area is 132 Å². The van der Waals surface area contributed by atoms with Crippen molar-refractivity contribution in [3.63, 3.8) is 0 Å². The number of fused-ring (bicyclic) bond motifs is 1. The lowest BCUT2D eigenvalue weighted by atomic mass is 10.3. The van der Waals surface area contributed by atoms with Gasteiger partial charge in [-0.1, -0.05) is 11.6 Å². The molecule has 3 rings (SSSR count). The third-order valence-electron chi connectivity index (χ3n) is 3.26. The molecule has 6 heteroatoms. The zero-order valence-electron chi connectivity index (χ0n) is 11.6. The summed E-state index contributed by atoms with van der Waals surface area (Å²) < 4.78 is 2.10. The molecule has 2 aromatic heterocycles. The molecule has 4 nitrogen and oxygen atoms in total. The number of benzene rings is 1. The molecule has 0 fully saturated rings. The van der Waals surface area contributed by atoms with Gasteiger partial charge in [0.15, 0.2) is 0 Å². The van der Waals surface area contributed by atoms with Gasteiger partial charge in [0.05, 0.1) is 35.2 Å². The van der Waals surface area contributed by atoms with Gasteiger partial charge in [-0.15, -0.1) is 11.6 Å². The monoisotopic (exact) mass is 320 g/mol. The molecular weight excluding hydrogens is 307 g/mol. The SMILES string of the molecule is Cc1cnc(Cn2c(CCCl)nc3ccc(Cl)cc32)cn1. The van der Waals surface area contributed by atoms with Gasteiger partial charge in [0.2, 0.25) is 0 Å². The van der Waals surface area contributed by atoms with E-state index in [1.54, 1.807) is 12.4 Å². The zero-order valence-corrected chi connectivity index (χ0v) is 13.1. The molecule has 1 aromatic carbocycles. The van der Waals surface area contributed by atoms with Gasteiger partial charge < -0.3 is 4.57 Å². The van der Waals surface area contributed by atoms with Gasteiger partial charge >= 0.3 is 0 Å².